The van der Waals surface area contributed by atoms with Gasteiger partial charge in [0.1, 0.15) is 5.75 Å². The first kappa shape index (κ1) is 11.6. The number of nitrogens with one attached hydrogen (secondary N) is 1. The number of rotatable bonds is 5. The fourth-order valence-corrected chi connectivity index (χ4v) is 3.21. The van der Waals surface area contributed by atoms with Gasteiger partial charge in [-0.1, -0.05) is 0 Å². The summed E-state index contributed by atoms with van der Waals surface area (Å²) in [6, 6.07) is 4.21. The molecule has 0 saturated heterocycles. The van der Waals surface area contributed by atoms with E-state index in [1.165, 1.54) is 5.56 Å². The largest absolute Gasteiger partial charge is 0.496 e. The summed E-state index contributed by atoms with van der Waals surface area (Å²) in [5, 5.41) is 6.24. The molecule has 0 spiro atoms. The van der Waals surface area contributed by atoms with Gasteiger partial charge in [-0.15, -0.1) is 11.3 Å². The molecule has 0 aliphatic carbocycles. The Labute approximate surface area is 103 Å². The zero-order chi connectivity index (χ0) is 11.4. The zero-order valence-corrected chi connectivity index (χ0v) is 10.6. The molecule has 0 aromatic carbocycles. The fourth-order valence-electron chi connectivity index (χ4n) is 1.60. The van der Waals surface area contributed by atoms with Gasteiger partial charge in [0.2, 0.25) is 0 Å². The Hall–Kier alpha value is -0.880. The summed E-state index contributed by atoms with van der Waals surface area (Å²) in [6.45, 7) is 0. The molecule has 2 aromatic heterocycles. The van der Waals surface area contributed by atoms with E-state index in [2.05, 4.69) is 22.3 Å². The van der Waals surface area contributed by atoms with Crippen molar-refractivity contribution >= 4 is 22.7 Å². The number of hydrogen-bond acceptors (Lipinski definition) is 5. The molecule has 3 N–H and O–H groups in total. The average molecular weight is 254 g/mol. The predicted molar refractivity (Wildman–Crippen MR) is 69.0 cm³/mol. The molecule has 1 atom stereocenters. The SMILES string of the molecule is COc1ccsc1C(Cc1ccsc1)NN. The van der Waals surface area contributed by atoms with Gasteiger partial charge in [0.05, 0.1) is 18.0 Å². The van der Waals surface area contributed by atoms with E-state index in [0.29, 0.717) is 0 Å². The van der Waals surface area contributed by atoms with Gasteiger partial charge in [0.25, 0.3) is 0 Å². The summed E-state index contributed by atoms with van der Waals surface area (Å²) < 4.78 is 5.30. The van der Waals surface area contributed by atoms with Gasteiger partial charge in [-0.3, -0.25) is 11.3 Å². The van der Waals surface area contributed by atoms with Gasteiger partial charge >= 0.3 is 0 Å². The molecule has 0 radical (unpaired) electrons. The molecule has 2 aromatic rings. The van der Waals surface area contributed by atoms with E-state index in [1.807, 2.05) is 11.4 Å². The highest BCUT2D eigenvalue weighted by atomic mass is 32.1. The van der Waals surface area contributed by atoms with Crippen LogP contribution in [0.1, 0.15) is 16.5 Å². The second kappa shape index (κ2) is 5.45. The Morgan fingerprint density at radius 2 is 2.31 bits per heavy atom. The van der Waals surface area contributed by atoms with Crippen LogP contribution in [-0.2, 0) is 6.42 Å². The minimum atomic E-state index is 0.115. The maximum Gasteiger partial charge on any atom is 0.134 e. The molecule has 0 aliphatic heterocycles. The molecule has 0 bridgehead atoms. The van der Waals surface area contributed by atoms with Crippen molar-refractivity contribution in [1.29, 1.82) is 0 Å². The topological polar surface area (TPSA) is 47.3 Å². The van der Waals surface area contributed by atoms with Crippen LogP contribution in [0.5, 0.6) is 5.75 Å². The summed E-state index contributed by atoms with van der Waals surface area (Å²) >= 11 is 3.37. The van der Waals surface area contributed by atoms with Crippen LogP contribution in [0.4, 0.5) is 0 Å². The number of ether oxygens (including phenoxy) is 1. The number of hydrogen-bond donors (Lipinski definition) is 2. The van der Waals surface area contributed by atoms with Gasteiger partial charge in [-0.05, 0) is 40.3 Å². The van der Waals surface area contributed by atoms with Crippen LogP contribution in [0.2, 0.25) is 0 Å². The first-order valence-electron chi connectivity index (χ1n) is 4.93. The summed E-state index contributed by atoms with van der Waals surface area (Å²) in [4.78, 5) is 1.15. The van der Waals surface area contributed by atoms with Gasteiger partial charge in [0, 0.05) is 0 Å². The Morgan fingerprint density at radius 3 is 2.94 bits per heavy atom. The lowest BCUT2D eigenvalue weighted by atomic mass is 10.1. The molecule has 2 heterocycles. The fraction of sp³-hybridized carbons (Fsp3) is 0.273. The van der Waals surface area contributed by atoms with E-state index in [0.717, 1.165) is 17.0 Å². The van der Waals surface area contributed by atoms with E-state index in [-0.39, 0.29) is 6.04 Å². The van der Waals surface area contributed by atoms with Gasteiger partial charge in [-0.2, -0.15) is 11.3 Å². The molecule has 1 unspecified atom stereocenters. The van der Waals surface area contributed by atoms with Crippen LogP contribution in [0.25, 0.3) is 0 Å². The van der Waals surface area contributed by atoms with E-state index in [1.54, 1.807) is 29.8 Å². The molecule has 0 amide bonds. The van der Waals surface area contributed by atoms with Crippen LogP contribution < -0.4 is 16.0 Å². The second-order valence-electron chi connectivity index (χ2n) is 3.41. The molecule has 0 fully saturated rings. The Bertz CT molecular complexity index is 425. The van der Waals surface area contributed by atoms with Crippen LogP contribution in [0.15, 0.2) is 28.3 Å². The molecule has 16 heavy (non-hydrogen) atoms. The zero-order valence-electron chi connectivity index (χ0n) is 8.97. The van der Waals surface area contributed by atoms with Crippen molar-refractivity contribution in [1.82, 2.24) is 5.43 Å². The number of methoxy groups -OCH3 is 1. The maximum atomic E-state index is 5.61. The average Bonchev–Trinajstić information content (AvgIpc) is 2.96. The first-order valence-corrected chi connectivity index (χ1v) is 6.76. The quantitative estimate of drug-likeness (QED) is 0.637. The molecule has 86 valence electrons. The normalized spacial score (nSPS) is 12.6. The third-order valence-corrected chi connectivity index (χ3v) is 4.16. The third kappa shape index (κ3) is 2.44. The number of hydrazine groups is 1. The predicted octanol–water partition coefficient (Wildman–Crippen LogP) is 2.57. The minimum absolute atomic E-state index is 0.115. The van der Waals surface area contributed by atoms with Crippen molar-refractivity contribution < 1.29 is 4.74 Å². The number of nitrogens with two attached hydrogens (primary N) is 1. The highest BCUT2D eigenvalue weighted by molar-refractivity contribution is 7.10. The molecule has 3 nitrogen and oxygen atoms in total. The lowest BCUT2D eigenvalue weighted by Crippen LogP contribution is -2.29. The highest BCUT2D eigenvalue weighted by Crippen LogP contribution is 2.32. The monoisotopic (exact) mass is 254 g/mol. The van der Waals surface area contributed by atoms with Crippen LogP contribution in [0.3, 0.4) is 0 Å². The van der Waals surface area contributed by atoms with Crippen molar-refractivity contribution in [2.45, 2.75) is 12.5 Å². The van der Waals surface area contributed by atoms with E-state index >= 15 is 0 Å². The van der Waals surface area contributed by atoms with Crippen molar-refractivity contribution in [3.63, 3.8) is 0 Å². The molecular formula is C11H14N2OS2. The van der Waals surface area contributed by atoms with E-state index in [9.17, 15) is 0 Å². The van der Waals surface area contributed by atoms with E-state index < -0.39 is 0 Å². The molecule has 0 saturated carbocycles. The lowest BCUT2D eigenvalue weighted by Gasteiger charge is -2.15. The lowest BCUT2D eigenvalue weighted by molar-refractivity contribution is 0.403. The first-order chi connectivity index (χ1) is 7.85. The molecule has 0 aliphatic rings. The standard InChI is InChI=1S/C11H14N2OS2/c1-14-10-3-5-16-11(10)9(13-12)6-8-2-4-15-7-8/h2-5,7,9,13H,6,12H2,1H3. The Balaban J connectivity index is 2.16. The van der Waals surface area contributed by atoms with Crippen molar-refractivity contribution in [2.24, 2.45) is 5.84 Å². The molecule has 5 heteroatoms. The summed E-state index contributed by atoms with van der Waals surface area (Å²) in [7, 11) is 1.68. The smallest absolute Gasteiger partial charge is 0.134 e. The Kier molecular flexibility index (Phi) is 3.95. The van der Waals surface area contributed by atoms with Crippen LogP contribution in [-0.4, -0.2) is 7.11 Å². The van der Waals surface area contributed by atoms with Crippen molar-refractivity contribution in [3.8, 4) is 5.75 Å². The van der Waals surface area contributed by atoms with Gasteiger partial charge in [0.15, 0.2) is 0 Å². The minimum Gasteiger partial charge on any atom is -0.496 e. The maximum absolute atomic E-state index is 5.61. The summed E-state index contributed by atoms with van der Waals surface area (Å²) in [6.07, 6.45) is 0.886. The molecule has 2 rings (SSSR count). The van der Waals surface area contributed by atoms with Crippen LogP contribution in [0, 0.1) is 0 Å². The van der Waals surface area contributed by atoms with E-state index in [4.69, 9.17) is 10.6 Å². The van der Waals surface area contributed by atoms with Gasteiger partial charge < -0.3 is 4.74 Å². The highest BCUT2D eigenvalue weighted by Gasteiger charge is 2.16. The number of thiophene rings is 2. The van der Waals surface area contributed by atoms with Crippen molar-refractivity contribution in [2.75, 3.05) is 7.11 Å². The summed E-state index contributed by atoms with van der Waals surface area (Å²) in [5.74, 6) is 6.51. The third-order valence-electron chi connectivity index (χ3n) is 2.41. The Morgan fingerprint density at radius 1 is 1.44 bits per heavy atom. The van der Waals surface area contributed by atoms with Gasteiger partial charge in [-0.25, -0.2) is 0 Å². The molecular weight excluding hydrogens is 240 g/mol. The summed E-state index contributed by atoms with van der Waals surface area (Å²) in [5.41, 5.74) is 4.15. The van der Waals surface area contributed by atoms with Crippen molar-refractivity contribution in [3.05, 3.63) is 38.7 Å². The van der Waals surface area contributed by atoms with Crippen LogP contribution >= 0.6 is 22.7 Å². The second-order valence-corrected chi connectivity index (χ2v) is 5.14.